The van der Waals surface area contributed by atoms with Crippen LogP contribution in [0.2, 0.25) is 0 Å². The molecule has 0 radical (unpaired) electrons. The highest BCUT2D eigenvalue weighted by atomic mass is 16.5. The summed E-state index contributed by atoms with van der Waals surface area (Å²) in [6.45, 7) is 4.05. The molecule has 1 aromatic heterocycles. The van der Waals surface area contributed by atoms with Crippen molar-refractivity contribution >= 4 is 11.7 Å². The molecule has 1 aliphatic heterocycles. The van der Waals surface area contributed by atoms with Crippen LogP contribution in [-0.4, -0.2) is 42.0 Å². The average Bonchev–Trinajstić information content (AvgIpc) is 2.99. The Morgan fingerprint density at radius 2 is 2.19 bits per heavy atom. The first kappa shape index (κ1) is 15.3. The molecule has 1 aromatic rings. The summed E-state index contributed by atoms with van der Waals surface area (Å²) in [4.78, 5) is 25.7. The summed E-state index contributed by atoms with van der Waals surface area (Å²) in [5.41, 5.74) is 0.105. The Kier molecular flexibility index (Phi) is 4.47. The summed E-state index contributed by atoms with van der Waals surface area (Å²) in [5, 5.41) is 10.1. The summed E-state index contributed by atoms with van der Waals surface area (Å²) < 4.78 is 10.6. The SMILES string of the molecule is CCC(=O)C1=C(O)C(=O)N(CCOC)C1c1ccc(C)o1. The van der Waals surface area contributed by atoms with E-state index in [0.717, 1.165) is 0 Å². The van der Waals surface area contributed by atoms with E-state index in [1.807, 2.05) is 0 Å². The number of methoxy groups -OCH3 is 1. The lowest BCUT2D eigenvalue weighted by molar-refractivity contribution is -0.130. The zero-order valence-corrected chi connectivity index (χ0v) is 12.4. The Labute approximate surface area is 123 Å². The average molecular weight is 293 g/mol. The Morgan fingerprint density at radius 3 is 2.71 bits per heavy atom. The molecular formula is C15H19NO5. The van der Waals surface area contributed by atoms with E-state index in [2.05, 4.69) is 0 Å². The molecule has 6 nitrogen and oxygen atoms in total. The predicted octanol–water partition coefficient (Wildman–Crippen LogP) is 1.91. The lowest BCUT2D eigenvalue weighted by atomic mass is 10.00. The number of carbonyl (C=O) groups is 2. The van der Waals surface area contributed by atoms with E-state index in [1.54, 1.807) is 26.0 Å². The van der Waals surface area contributed by atoms with E-state index in [4.69, 9.17) is 9.15 Å². The second-order valence-corrected chi connectivity index (χ2v) is 4.88. The highest BCUT2D eigenvalue weighted by Crippen LogP contribution is 2.38. The van der Waals surface area contributed by atoms with E-state index in [0.29, 0.717) is 18.1 Å². The van der Waals surface area contributed by atoms with Gasteiger partial charge in [0.2, 0.25) is 0 Å². The quantitative estimate of drug-likeness (QED) is 0.866. The number of rotatable bonds is 6. The van der Waals surface area contributed by atoms with E-state index >= 15 is 0 Å². The van der Waals surface area contributed by atoms with Crippen molar-refractivity contribution in [3.63, 3.8) is 0 Å². The fourth-order valence-corrected chi connectivity index (χ4v) is 2.45. The smallest absolute Gasteiger partial charge is 0.290 e. The van der Waals surface area contributed by atoms with Crippen LogP contribution in [0.25, 0.3) is 0 Å². The van der Waals surface area contributed by atoms with Crippen LogP contribution in [0.3, 0.4) is 0 Å². The van der Waals surface area contributed by atoms with Crippen LogP contribution in [0.5, 0.6) is 0 Å². The maximum atomic E-state index is 12.2. The molecule has 0 fully saturated rings. The number of aliphatic hydroxyl groups excluding tert-OH is 1. The third kappa shape index (κ3) is 2.71. The van der Waals surface area contributed by atoms with Gasteiger partial charge in [-0.25, -0.2) is 0 Å². The normalized spacial score (nSPS) is 18.7. The first-order valence-corrected chi connectivity index (χ1v) is 6.83. The molecule has 0 aliphatic carbocycles. The van der Waals surface area contributed by atoms with Crippen molar-refractivity contribution in [1.29, 1.82) is 0 Å². The second-order valence-electron chi connectivity index (χ2n) is 4.88. The largest absolute Gasteiger partial charge is 0.503 e. The number of nitrogens with zero attached hydrogens (tertiary/aromatic N) is 1. The van der Waals surface area contributed by atoms with Gasteiger partial charge in [0.15, 0.2) is 11.5 Å². The van der Waals surface area contributed by atoms with Crippen LogP contribution >= 0.6 is 0 Å². The van der Waals surface area contributed by atoms with Gasteiger partial charge in [0.05, 0.1) is 12.2 Å². The van der Waals surface area contributed by atoms with Gasteiger partial charge in [0, 0.05) is 20.1 Å². The third-order valence-electron chi connectivity index (χ3n) is 3.49. The minimum atomic E-state index is -0.686. The van der Waals surface area contributed by atoms with Gasteiger partial charge < -0.3 is 19.2 Å². The van der Waals surface area contributed by atoms with Gasteiger partial charge in [0.25, 0.3) is 5.91 Å². The molecule has 2 rings (SSSR count). The minimum Gasteiger partial charge on any atom is -0.503 e. The van der Waals surface area contributed by atoms with Crippen molar-refractivity contribution in [1.82, 2.24) is 4.90 Å². The molecule has 1 atom stereocenters. The molecule has 6 heteroatoms. The number of hydrogen-bond donors (Lipinski definition) is 1. The molecule has 0 bridgehead atoms. The Morgan fingerprint density at radius 1 is 1.48 bits per heavy atom. The fraction of sp³-hybridized carbons (Fsp3) is 0.467. The van der Waals surface area contributed by atoms with Crippen LogP contribution in [0.15, 0.2) is 27.9 Å². The molecular weight excluding hydrogens is 274 g/mol. The summed E-state index contributed by atoms with van der Waals surface area (Å²) in [6, 6.07) is 2.79. The van der Waals surface area contributed by atoms with Gasteiger partial charge in [-0.3, -0.25) is 9.59 Å². The van der Waals surface area contributed by atoms with E-state index in [-0.39, 0.29) is 24.3 Å². The highest BCUT2D eigenvalue weighted by molar-refractivity contribution is 6.08. The minimum absolute atomic E-state index is 0.105. The van der Waals surface area contributed by atoms with Crippen molar-refractivity contribution in [2.45, 2.75) is 26.3 Å². The number of carbonyl (C=O) groups excluding carboxylic acids is 2. The number of aryl methyl sites for hydroxylation is 1. The molecule has 114 valence electrons. The topological polar surface area (TPSA) is 80.0 Å². The highest BCUT2D eigenvalue weighted by Gasteiger charge is 2.44. The monoisotopic (exact) mass is 293 g/mol. The number of amides is 1. The zero-order valence-electron chi connectivity index (χ0n) is 12.4. The van der Waals surface area contributed by atoms with E-state index in [1.165, 1.54) is 12.0 Å². The Bertz CT molecular complexity index is 587. The summed E-state index contributed by atoms with van der Waals surface area (Å²) in [7, 11) is 1.53. The number of aliphatic hydroxyl groups is 1. The third-order valence-corrected chi connectivity index (χ3v) is 3.49. The predicted molar refractivity (Wildman–Crippen MR) is 74.7 cm³/mol. The molecule has 0 saturated heterocycles. The fourth-order valence-electron chi connectivity index (χ4n) is 2.45. The van der Waals surface area contributed by atoms with Crippen LogP contribution in [0.4, 0.5) is 0 Å². The molecule has 1 aliphatic rings. The van der Waals surface area contributed by atoms with Gasteiger partial charge in [-0.2, -0.15) is 0 Å². The maximum Gasteiger partial charge on any atom is 0.290 e. The van der Waals surface area contributed by atoms with Crippen molar-refractivity contribution in [2.75, 3.05) is 20.3 Å². The number of ether oxygens (including phenoxy) is 1. The van der Waals surface area contributed by atoms with Crippen molar-refractivity contribution in [3.8, 4) is 0 Å². The van der Waals surface area contributed by atoms with Gasteiger partial charge in [-0.15, -0.1) is 0 Å². The summed E-state index contributed by atoms with van der Waals surface area (Å²) in [5.74, 6) is -0.170. The number of hydrogen-bond acceptors (Lipinski definition) is 5. The van der Waals surface area contributed by atoms with Gasteiger partial charge in [-0.05, 0) is 19.1 Å². The first-order valence-electron chi connectivity index (χ1n) is 6.83. The summed E-state index contributed by atoms with van der Waals surface area (Å²) >= 11 is 0. The second kappa shape index (κ2) is 6.13. The first-order chi connectivity index (χ1) is 10.0. The van der Waals surface area contributed by atoms with Crippen molar-refractivity contribution < 1.29 is 23.8 Å². The maximum absolute atomic E-state index is 12.2. The Hall–Kier alpha value is -2.08. The number of ketones is 1. The molecule has 1 unspecified atom stereocenters. The lowest BCUT2D eigenvalue weighted by Gasteiger charge is -2.24. The Balaban J connectivity index is 2.45. The number of furan rings is 1. The van der Waals surface area contributed by atoms with Crippen LogP contribution < -0.4 is 0 Å². The van der Waals surface area contributed by atoms with Crippen molar-refractivity contribution in [2.24, 2.45) is 0 Å². The van der Waals surface area contributed by atoms with Crippen LogP contribution in [-0.2, 0) is 14.3 Å². The van der Waals surface area contributed by atoms with Gasteiger partial charge in [0.1, 0.15) is 17.6 Å². The van der Waals surface area contributed by atoms with Crippen molar-refractivity contribution in [3.05, 3.63) is 35.0 Å². The zero-order chi connectivity index (χ0) is 15.6. The molecule has 1 N–H and O–H groups in total. The van der Waals surface area contributed by atoms with Crippen LogP contribution in [0.1, 0.15) is 30.9 Å². The molecule has 2 heterocycles. The van der Waals surface area contributed by atoms with Gasteiger partial charge in [-0.1, -0.05) is 6.92 Å². The standard InChI is InChI=1S/C15H19NO5/c1-4-10(17)12-13(11-6-5-9(2)21-11)16(7-8-20-3)15(19)14(12)18/h5-6,13,18H,4,7-8H2,1-3H3. The molecule has 0 aromatic carbocycles. The van der Waals surface area contributed by atoms with Gasteiger partial charge >= 0.3 is 0 Å². The molecule has 0 spiro atoms. The molecule has 21 heavy (non-hydrogen) atoms. The molecule has 1 amide bonds. The van der Waals surface area contributed by atoms with E-state index in [9.17, 15) is 14.7 Å². The van der Waals surface area contributed by atoms with E-state index < -0.39 is 17.7 Å². The molecule has 0 saturated carbocycles. The number of Topliss-reactive ketones (excluding diaryl/α,β-unsaturated/α-hetero) is 1. The lowest BCUT2D eigenvalue weighted by Crippen LogP contribution is -2.33. The summed E-state index contributed by atoms with van der Waals surface area (Å²) in [6.07, 6.45) is 0.209. The van der Waals surface area contributed by atoms with Crippen LogP contribution in [0, 0.1) is 6.92 Å².